The van der Waals surface area contributed by atoms with Crippen molar-refractivity contribution in [3.63, 3.8) is 0 Å². The van der Waals surface area contributed by atoms with Crippen LogP contribution in [0.4, 0.5) is 0 Å². The van der Waals surface area contributed by atoms with Gasteiger partial charge in [0.1, 0.15) is 9.86 Å². The fourth-order valence-corrected chi connectivity index (χ4v) is 6.20. The molecule has 0 bridgehead atoms. The molecule has 3 heterocycles. The molecule has 0 radical (unpaired) electrons. The van der Waals surface area contributed by atoms with E-state index in [4.69, 9.17) is 0 Å². The van der Waals surface area contributed by atoms with Crippen molar-refractivity contribution in [3.05, 3.63) is 83.1 Å². The highest BCUT2D eigenvalue weighted by Gasteiger charge is 2.19. The first-order valence-electron chi connectivity index (χ1n) is 9.78. The van der Waals surface area contributed by atoms with Crippen LogP contribution in [0, 0.1) is 0 Å². The summed E-state index contributed by atoms with van der Waals surface area (Å²) in [5.74, 6) is 0.538. The number of fused-ring (bicyclic) bond motifs is 1. The Morgan fingerprint density at radius 1 is 1.12 bits per heavy atom. The average molecular weight is 487 g/mol. The zero-order chi connectivity index (χ0) is 22.7. The smallest absolute Gasteiger partial charge is 0.252 e. The van der Waals surface area contributed by atoms with E-state index in [1.165, 1.54) is 18.4 Å². The van der Waals surface area contributed by atoms with Gasteiger partial charge in [0.05, 0.1) is 12.2 Å². The Bertz CT molecular complexity index is 1310. The van der Waals surface area contributed by atoms with Gasteiger partial charge in [-0.2, -0.15) is 0 Å². The lowest BCUT2D eigenvalue weighted by atomic mass is 10.2. The van der Waals surface area contributed by atoms with Gasteiger partial charge in [-0.15, -0.1) is 23.1 Å². The molecule has 0 aliphatic heterocycles. The number of nitrogens with zero attached hydrogens (tertiary/aromatic N) is 3. The molecule has 0 saturated heterocycles. The summed E-state index contributed by atoms with van der Waals surface area (Å²) in [6, 6.07) is 16.6. The number of imidazole rings is 1. The maximum absolute atomic E-state index is 12.5. The molecule has 0 unspecified atom stereocenters. The molecule has 1 aromatic carbocycles. The minimum absolute atomic E-state index is 0.202. The number of pyridine rings is 1. The first kappa shape index (κ1) is 22.5. The van der Waals surface area contributed by atoms with Crippen molar-refractivity contribution < 1.29 is 13.2 Å². The number of hydrogen-bond donors (Lipinski definition) is 1. The summed E-state index contributed by atoms with van der Waals surface area (Å²) in [6.07, 6.45) is 3.99. The summed E-state index contributed by atoms with van der Waals surface area (Å²) in [6.45, 7) is 0.275. The van der Waals surface area contributed by atoms with E-state index in [1.807, 2.05) is 47.1 Å². The van der Waals surface area contributed by atoms with E-state index >= 15 is 0 Å². The molecule has 32 heavy (non-hydrogen) atoms. The SMILES string of the molecule is CN(C)S(=O)(=O)c1ccc(CNC(=O)c2ccc(SCc3cn4ccccc4n3)cc2)s1. The zero-order valence-corrected chi connectivity index (χ0v) is 20.0. The summed E-state index contributed by atoms with van der Waals surface area (Å²) >= 11 is 2.82. The maximum atomic E-state index is 12.5. The Morgan fingerprint density at radius 3 is 2.62 bits per heavy atom. The van der Waals surface area contributed by atoms with Gasteiger partial charge in [-0.3, -0.25) is 4.79 Å². The van der Waals surface area contributed by atoms with Crippen LogP contribution in [0.5, 0.6) is 0 Å². The number of rotatable bonds is 8. The van der Waals surface area contributed by atoms with Gasteiger partial charge in [0, 0.05) is 47.6 Å². The molecular weight excluding hydrogens is 464 g/mol. The maximum Gasteiger partial charge on any atom is 0.252 e. The average Bonchev–Trinajstić information content (AvgIpc) is 3.43. The van der Waals surface area contributed by atoms with Gasteiger partial charge in [0.2, 0.25) is 0 Å². The van der Waals surface area contributed by atoms with Crippen LogP contribution in [0.25, 0.3) is 5.65 Å². The number of aromatic nitrogens is 2. The number of carbonyl (C=O) groups is 1. The molecule has 0 aliphatic carbocycles. The van der Waals surface area contributed by atoms with Gasteiger partial charge in [0.15, 0.2) is 0 Å². The summed E-state index contributed by atoms with van der Waals surface area (Å²) < 4.78 is 27.8. The van der Waals surface area contributed by atoms with Crippen LogP contribution in [0.15, 0.2) is 76.1 Å². The predicted octanol–water partition coefficient (Wildman–Crippen LogP) is 3.87. The Morgan fingerprint density at radius 2 is 1.91 bits per heavy atom. The molecule has 3 aromatic heterocycles. The highest BCUT2D eigenvalue weighted by Crippen LogP contribution is 2.25. The van der Waals surface area contributed by atoms with Gasteiger partial charge < -0.3 is 9.72 Å². The number of amides is 1. The number of nitrogens with one attached hydrogen (secondary N) is 1. The number of sulfonamides is 1. The topological polar surface area (TPSA) is 83.8 Å². The lowest BCUT2D eigenvalue weighted by Gasteiger charge is -2.08. The highest BCUT2D eigenvalue weighted by molar-refractivity contribution is 7.98. The van der Waals surface area contributed by atoms with Crippen LogP contribution in [0.1, 0.15) is 20.9 Å². The summed E-state index contributed by atoms with van der Waals surface area (Å²) in [7, 11) is -0.462. The Hall–Kier alpha value is -2.66. The van der Waals surface area contributed by atoms with Crippen molar-refractivity contribution >= 4 is 44.7 Å². The van der Waals surface area contributed by atoms with Crippen molar-refractivity contribution in [2.75, 3.05) is 14.1 Å². The van der Waals surface area contributed by atoms with Crippen LogP contribution in [-0.4, -0.2) is 42.1 Å². The van der Waals surface area contributed by atoms with Crippen LogP contribution in [0.2, 0.25) is 0 Å². The van der Waals surface area contributed by atoms with Gasteiger partial charge in [-0.25, -0.2) is 17.7 Å². The largest absolute Gasteiger partial charge is 0.347 e. The van der Waals surface area contributed by atoms with Gasteiger partial charge in [-0.05, 0) is 48.5 Å². The normalized spacial score (nSPS) is 11.8. The number of carbonyl (C=O) groups excluding carboxylic acids is 1. The molecule has 1 N–H and O–H groups in total. The molecule has 0 saturated carbocycles. The summed E-state index contributed by atoms with van der Waals surface area (Å²) in [5.41, 5.74) is 2.47. The molecule has 0 aliphatic rings. The predicted molar refractivity (Wildman–Crippen MR) is 128 cm³/mol. The summed E-state index contributed by atoms with van der Waals surface area (Å²) in [4.78, 5) is 18.9. The highest BCUT2D eigenvalue weighted by atomic mass is 32.2. The van der Waals surface area contributed by atoms with Crippen LogP contribution < -0.4 is 5.32 Å². The number of hydrogen-bond acceptors (Lipinski definition) is 6. The second-order valence-corrected chi connectivity index (χ2v) is 11.8. The number of benzene rings is 1. The van der Waals surface area contributed by atoms with E-state index in [0.717, 1.165) is 38.2 Å². The number of thiophene rings is 1. The van der Waals surface area contributed by atoms with Crippen LogP contribution in [-0.2, 0) is 22.3 Å². The van der Waals surface area contributed by atoms with Gasteiger partial charge >= 0.3 is 0 Å². The third-order valence-electron chi connectivity index (χ3n) is 4.71. The van der Waals surface area contributed by atoms with Gasteiger partial charge in [0.25, 0.3) is 15.9 Å². The first-order valence-corrected chi connectivity index (χ1v) is 13.0. The van der Waals surface area contributed by atoms with Crippen LogP contribution in [0.3, 0.4) is 0 Å². The first-order chi connectivity index (χ1) is 15.3. The Labute approximate surface area is 195 Å². The van der Waals surface area contributed by atoms with Crippen molar-refractivity contribution in [2.24, 2.45) is 0 Å². The van der Waals surface area contributed by atoms with Crippen molar-refractivity contribution in [3.8, 4) is 0 Å². The Balaban J connectivity index is 1.31. The third kappa shape index (κ3) is 5.04. The molecule has 0 spiro atoms. The lowest BCUT2D eigenvalue weighted by Crippen LogP contribution is -2.22. The van der Waals surface area contributed by atoms with Crippen molar-refractivity contribution in [1.82, 2.24) is 19.0 Å². The second-order valence-electron chi connectivity index (χ2n) is 7.20. The molecule has 7 nitrogen and oxygen atoms in total. The standard InChI is InChI=1S/C22H22N4O3S3/c1-25(2)32(28,29)21-11-10-19(31-21)13-23-22(27)16-6-8-18(9-7-16)30-15-17-14-26-12-4-3-5-20(26)24-17/h3-12,14H,13,15H2,1-2H3,(H,23,27). The van der Waals surface area contributed by atoms with Crippen molar-refractivity contribution in [1.29, 1.82) is 0 Å². The fraction of sp³-hybridized carbons (Fsp3) is 0.182. The van der Waals surface area contributed by atoms with E-state index in [1.54, 1.807) is 36.0 Å². The minimum atomic E-state index is -3.45. The molecule has 4 aromatic rings. The van der Waals surface area contributed by atoms with E-state index in [-0.39, 0.29) is 16.7 Å². The van der Waals surface area contributed by atoms with Crippen LogP contribution >= 0.6 is 23.1 Å². The van der Waals surface area contributed by atoms with Crippen molar-refractivity contribution in [2.45, 2.75) is 21.4 Å². The lowest BCUT2D eigenvalue weighted by molar-refractivity contribution is 0.0951. The molecule has 0 atom stereocenters. The van der Waals surface area contributed by atoms with E-state index in [2.05, 4.69) is 10.3 Å². The molecular formula is C22H22N4O3S3. The third-order valence-corrected chi connectivity index (χ3v) is 9.13. The van der Waals surface area contributed by atoms with E-state index in [0.29, 0.717) is 5.56 Å². The number of thioether (sulfide) groups is 1. The quantitative estimate of drug-likeness (QED) is 0.382. The molecule has 10 heteroatoms. The minimum Gasteiger partial charge on any atom is -0.347 e. The summed E-state index contributed by atoms with van der Waals surface area (Å²) in [5, 5.41) is 2.84. The van der Waals surface area contributed by atoms with Gasteiger partial charge in [-0.1, -0.05) is 6.07 Å². The fourth-order valence-electron chi connectivity index (χ4n) is 2.96. The van der Waals surface area contributed by atoms with E-state index < -0.39 is 10.0 Å². The zero-order valence-electron chi connectivity index (χ0n) is 17.6. The molecule has 0 fully saturated rings. The monoisotopic (exact) mass is 486 g/mol. The second kappa shape index (κ2) is 9.45. The Kier molecular flexibility index (Phi) is 6.66. The molecule has 166 valence electrons. The molecule has 4 rings (SSSR count). The molecule has 1 amide bonds. The van der Waals surface area contributed by atoms with E-state index in [9.17, 15) is 13.2 Å².